The molecule has 1 saturated heterocycles. The Labute approximate surface area is 176 Å². The topological polar surface area (TPSA) is 45.9 Å². The molecule has 0 aliphatic carbocycles. The predicted octanol–water partition coefficient (Wildman–Crippen LogP) is 4.17. The standard InChI is InChI=1S/C25H28N2O3/c1-2-19-14-24(28)30-25-21(19)8-9-23-22(25)16-27(17-29-23)20-10-12-26(13-11-20)15-18-6-4-3-5-7-18/h3-9,14,20H,2,10-13,15-17H2,1H3. The lowest BCUT2D eigenvalue weighted by atomic mass is 9.99. The molecular formula is C25H28N2O3. The number of fused-ring (bicyclic) bond motifs is 3. The first-order valence-corrected chi connectivity index (χ1v) is 10.9. The average molecular weight is 405 g/mol. The van der Waals surface area contributed by atoms with Crippen LogP contribution in [0, 0.1) is 0 Å². The monoisotopic (exact) mass is 404 g/mol. The largest absolute Gasteiger partial charge is 0.478 e. The molecule has 0 saturated carbocycles. The number of piperidine rings is 1. The first-order chi connectivity index (χ1) is 14.7. The molecule has 0 amide bonds. The third-order valence-corrected chi connectivity index (χ3v) is 6.51. The van der Waals surface area contributed by atoms with Crippen molar-refractivity contribution >= 4 is 11.0 Å². The van der Waals surface area contributed by atoms with Gasteiger partial charge in [-0.2, -0.15) is 0 Å². The molecule has 5 heteroatoms. The molecule has 156 valence electrons. The summed E-state index contributed by atoms with van der Waals surface area (Å²) < 4.78 is 11.7. The van der Waals surface area contributed by atoms with Gasteiger partial charge in [-0.05, 0) is 55.6 Å². The van der Waals surface area contributed by atoms with E-state index in [0.29, 0.717) is 18.4 Å². The predicted molar refractivity (Wildman–Crippen MR) is 118 cm³/mol. The van der Waals surface area contributed by atoms with Crippen LogP contribution in [0.1, 0.15) is 36.5 Å². The highest BCUT2D eigenvalue weighted by atomic mass is 16.5. The van der Waals surface area contributed by atoms with E-state index in [1.807, 2.05) is 12.1 Å². The maximum atomic E-state index is 12.1. The Morgan fingerprint density at radius 3 is 2.63 bits per heavy atom. The number of rotatable bonds is 4. The number of hydrogen-bond acceptors (Lipinski definition) is 5. The first kappa shape index (κ1) is 19.3. The zero-order valence-electron chi connectivity index (χ0n) is 17.5. The second-order valence-corrected chi connectivity index (χ2v) is 8.38. The van der Waals surface area contributed by atoms with Crippen molar-refractivity contribution in [2.24, 2.45) is 0 Å². The van der Waals surface area contributed by atoms with E-state index < -0.39 is 0 Å². The Balaban J connectivity index is 1.31. The molecule has 0 radical (unpaired) electrons. The molecule has 2 aromatic carbocycles. The highest BCUT2D eigenvalue weighted by Gasteiger charge is 2.30. The van der Waals surface area contributed by atoms with Crippen LogP contribution in [-0.2, 0) is 19.5 Å². The van der Waals surface area contributed by atoms with E-state index in [-0.39, 0.29) is 5.63 Å². The SMILES string of the molecule is CCc1cc(=O)oc2c3c(ccc12)OCN(C1CCN(Cc2ccccc2)CC1)C3. The fraction of sp³-hybridized carbons (Fsp3) is 0.400. The van der Waals surface area contributed by atoms with Gasteiger partial charge in [0.05, 0.1) is 5.56 Å². The summed E-state index contributed by atoms with van der Waals surface area (Å²) in [6, 6.07) is 16.8. The van der Waals surface area contributed by atoms with Crippen LogP contribution in [0.3, 0.4) is 0 Å². The Kier molecular flexibility index (Phi) is 5.32. The van der Waals surface area contributed by atoms with Crippen LogP contribution in [0.4, 0.5) is 0 Å². The number of likely N-dealkylation sites (tertiary alicyclic amines) is 1. The molecular weight excluding hydrogens is 376 g/mol. The van der Waals surface area contributed by atoms with Crippen LogP contribution in [-0.4, -0.2) is 35.7 Å². The molecule has 0 bridgehead atoms. The van der Waals surface area contributed by atoms with E-state index in [1.54, 1.807) is 6.07 Å². The third kappa shape index (κ3) is 3.75. The Morgan fingerprint density at radius 2 is 1.87 bits per heavy atom. The summed E-state index contributed by atoms with van der Waals surface area (Å²) in [5.41, 5.74) is 3.84. The number of ether oxygens (including phenoxy) is 1. The molecule has 0 atom stereocenters. The van der Waals surface area contributed by atoms with Crippen molar-refractivity contribution in [1.29, 1.82) is 0 Å². The molecule has 5 nitrogen and oxygen atoms in total. The van der Waals surface area contributed by atoms with Crippen LogP contribution in [0.2, 0.25) is 0 Å². The summed E-state index contributed by atoms with van der Waals surface area (Å²) in [5, 5.41) is 1.03. The normalized spacial score (nSPS) is 18.3. The molecule has 3 heterocycles. The minimum absolute atomic E-state index is 0.279. The Hall–Kier alpha value is -2.63. The summed E-state index contributed by atoms with van der Waals surface area (Å²) in [4.78, 5) is 17.0. The summed E-state index contributed by atoms with van der Waals surface area (Å²) in [5.74, 6) is 0.844. The van der Waals surface area contributed by atoms with Crippen LogP contribution in [0.15, 0.2) is 57.7 Å². The summed E-state index contributed by atoms with van der Waals surface area (Å²) in [6.07, 6.45) is 3.06. The van der Waals surface area contributed by atoms with Gasteiger partial charge in [0.25, 0.3) is 0 Å². The van der Waals surface area contributed by atoms with Gasteiger partial charge >= 0.3 is 5.63 Å². The Bertz CT molecular complexity index is 1080. The summed E-state index contributed by atoms with van der Waals surface area (Å²) >= 11 is 0. The van der Waals surface area contributed by atoms with Gasteiger partial charge in [0.1, 0.15) is 18.1 Å². The van der Waals surface area contributed by atoms with Gasteiger partial charge < -0.3 is 9.15 Å². The van der Waals surface area contributed by atoms with Gasteiger partial charge in [-0.25, -0.2) is 4.79 Å². The van der Waals surface area contributed by atoms with Gasteiger partial charge in [-0.3, -0.25) is 9.80 Å². The van der Waals surface area contributed by atoms with Gasteiger partial charge in [-0.1, -0.05) is 37.3 Å². The summed E-state index contributed by atoms with van der Waals surface area (Å²) in [7, 11) is 0. The number of aryl methyl sites for hydroxylation is 1. The van der Waals surface area contributed by atoms with Crippen molar-refractivity contribution in [3.63, 3.8) is 0 Å². The minimum atomic E-state index is -0.279. The van der Waals surface area contributed by atoms with E-state index in [4.69, 9.17) is 9.15 Å². The van der Waals surface area contributed by atoms with Crippen molar-refractivity contribution in [2.75, 3.05) is 19.8 Å². The molecule has 30 heavy (non-hydrogen) atoms. The molecule has 5 rings (SSSR count). The molecule has 1 aromatic heterocycles. The highest BCUT2D eigenvalue weighted by Crippen LogP contribution is 2.35. The second kappa shape index (κ2) is 8.25. The van der Waals surface area contributed by atoms with Crippen LogP contribution < -0.4 is 10.4 Å². The zero-order chi connectivity index (χ0) is 20.5. The van der Waals surface area contributed by atoms with Crippen molar-refractivity contribution in [3.05, 3.63) is 75.6 Å². The highest BCUT2D eigenvalue weighted by molar-refractivity contribution is 5.85. The van der Waals surface area contributed by atoms with E-state index in [2.05, 4.69) is 47.1 Å². The van der Waals surface area contributed by atoms with Crippen molar-refractivity contribution in [2.45, 2.75) is 45.3 Å². The minimum Gasteiger partial charge on any atom is -0.478 e. The molecule has 3 aromatic rings. The number of benzene rings is 2. The molecule has 2 aliphatic heterocycles. The van der Waals surface area contributed by atoms with Crippen molar-refractivity contribution in [3.8, 4) is 5.75 Å². The van der Waals surface area contributed by atoms with Crippen molar-refractivity contribution in [1.82, 2.24) is 9.80 Å². The van der Waals surface area contributed by atoms with Crippen LogP contribution >= 0.6 is 0 Å². The van der Waals surface area contributed by atoms with E-state index in [0.717, 1.165) is 67.7 Å². The van der Waals surface area contributed by atoms with E-state index in [1.165, 1.54) is 5.56 Å². The maximum absolute atomic E-state index is 12.1. The maximum Gasteiger partial charge on any atom is 0.336 e. The van der Waals surface area contributed by atoms with Gasteiger partial charge in [-0.15, -0.1) is 0 Å². The quantitative estimate of drug-likeness (QED) is 0.611. The molecule has 0 spiro atoms. The van der Waals surface area contributed by atoms with E-state index >= 15 is 0 Å². The number of nitrogens with zero attached hydrogens (tertiary/aromatic N) is 2. The lowest BCUT2D eigenvalue weighted by molar-refractivity contribution is 0.0244. The molecule has 0 N–H and O–H groups in total. The fourth-order valence-electron chi connectivity index (χ4n) is 4.83. The third-order valence-electron chi connectivity index (χ3n) is 6.51. The lowest BCUT2D eigenvalue weighted by Crippen LogP contribution is -2.47. The fourth-order valence-corrected chi connectivity index (χ4v) is 4.83. The average Bonchev–Trinajstić information content (AvgIpc) is 2.79. The molecule has 1 fully saturated rings. The van der Waals surface area contributed by atoms with Gasteiger partial charge in [0, 0.05) is 30.6 Å². The van der Waals surface area contributed by atoms with Gasteiger partial charge in [0.15, 0.2) is 0 Å². The van der Waals surface area contributed by atoms with E-state index in [9.17, 15) is 4.79 Å². The Morgan fingerprint density at radius 1 is 1.07 bits per heavy atom. The zero-order valence-corrected chi connectivity index (χ0v) is 17.5. The first-order valence-electron chi connectivity index (χ1n) is 10.9. The van der Waals surface area contributed by atoms with Crippen molar-refractivity contribution < 1.29 is 9.15 Å². The summed E-state index contributed by atoms with van der Waals surface area (Å²) in [6.45, 7) is 6.63. The van der Waals surface area contributed by atoms with Crippen LogP contribution in [0.25, 0.3) is 11.0 Å². The smallest absolute Gasteiger partial charge is 0.336 e. The van der Waals surface area contributed by atoms with Crippen LogP contribution in [0.5, 0.6) is 5.75 Å². The van der Waals surface area contributed by atoms with Gasteiger partial charge in [0.2, 0.25) is 0 Å². The lowest BCUT2D eigenvalue weighted by Gasteiger charge is -2.40. The molecule has 2 aliphatic rings. The number of hydrogen-bond donors (Lipinski definition) is 0. The molecule has 0 unspecified atom stereocenters. The second-order valence-electron chi connectivity index (χ2n) is 8.38.